The maximum atomic E-state index is 12.7. The predicted octanol–water partition coefficient (Wildman–Crippen LogP) is 5.78. The molecule has 0 radical (unpaired) electrons. The van der Waals surface area contributed by atoms with Gasteiger partial charge in [-0.2, -0.15) is 0 Å². The van der Waals surface area contributed by atoms with E-state index < -0.39 is 4.92 Å². The molecule has 168 valence electrons. The minimum atomic E-state index is -0.458. The number of carbonyl (C=O) groups excluding carboxylic acids is 2. The molecular formula is C22H21BrN2O6S. The van der Waals surface area contributed by atoms with Crippen LogP contribution in [0, 0.1) is 10.1 Å². The molecule has 0 aromatic heterocycles. The number of benzene rings is 2. The Morgan fingerprint density at radius 2 is 1.94 bits per heavy atom. The summed E-state index contributed by atoms with van der Waals surface area (Å²) in [5.41, 5.74) is 1.44. The van der Waals surface area contributed by atoms with Gasteiger partial charge in [0.25, 0.3) is 16.8 Å². The molecule has 1 aliphatic rings. The molecule has 8 nitrogen and oxygen atoms in total. The maximum absolute atomic E-state index is 12.7. The van der Waals surface area contributed by atoms with Crippen LogP contribution in [0.2, 0.25) is 0 Å². The van der Waals surface area contributed by atoms with E-state index in [2.05, 4.69) is 15.9 Å². The van der Waals surface area contributed by atoms with Crippen LogP contribution in [0.5, 0.6) is 11.5 Å². The Bertz CT molecular complexity index is 1090. The molecule has 3 rings (SSSR count). The number of imide groups is 1. The van der Waals surface area contributed by atoms with E-state index in [1.807, 2.05) is 13.8 Å². The van der Waals surface area contributed by atoms with E-state index in [9.17, 15) is 19.7 Å². The second kappa shape index (κ2) is 10.2. The Kier molecular flexibility index (Phi) is 7.57. The van der Waals surface area contributed by atoms with Crippen molar-refractivity contribution in [1.29, 1.82) is 0 Å². The van der Waals surface area contributed by atoms with E-state index in [1.54, 1.807) is 30.3 Å². The van der Waals surface area contributed by atoms with Gasteiger partial charge in [0, 0.05) is 18.2 Å². The van der Waals surface area contributed by atoms with E-state index in [0.717, 1.165) is 17.3 Å². The summed E-state index contributed by atoms with van der Waals surface area (Å²) in [5.74, 6) is 0.590. The third kappa shape index (κ3) is 5.13. The van der Waals surface area contributed by atoms with Crippen molar-refractivity contribution in [1.82, 2.24) is 4.90 Å². The van der Waals surface area contributed by atoms with Gasteiger partial charge in [-0.1, -0.05) is 6.92 Å². The van der Waals surface area contributed by atoms with E-state index in [4.69, 9.17) is 9.47 Å². The molecule has 0 unspecified atom stereocenters. The van der Waals surface area contributed by atoms with Crippen molar-refractivity contribution < 1.29 is 24.0 Å². The molecule has 0 spiro atoms. The van der Waals surface area contributed by atoms with Gasteiger partial charge in [0.2, 0.25) is 0 Å². The zero-order valence-corrected chi connectivity index (χ0v) is 20.1. The number of halogens is 1. The number of nitrogens with zero attached hydrogens (tertiary/aromatic N) is 2. The molecule has 32 heavy (non-hydrogen) atoms. The van der Waals surface area contributed by atoms with Gasteiger partial charge in [-0.15, -0.1) is 0 Å². The Morgan fingerprint density at radius 1 is 1.25 bits per heavy atom. The van der Waals surface area contributed by atoms with Crippen molar-refractivity contribution in [2.75, 3.05) is 7.11 Å². The first-order chi connectivity index (χ1) is 15.2. The number of amides is 2. The monoisotopic (exact) mass is 520 g/mol. The Balaban J connectivity index is 1.81. The van der Waals surface area contributed by atoms with Crippen LogP contribution in [0.3, 0.4) is 0 Å². The van der Waals surface area contributed by atoms with E-state index in [-0.39, 0.29) is 29.5 Å². The molecule has 1 heterocycles. The zero-order valence-electron chi connectivity index (χ0n) is 17.7. The summed E-state index contributed by atoms with van der Waals surface area (Å²) in [6, 6.07) is 9.41. The molecule has 2 amide bonds. The molecular weight excluding hydrogens is 500 g/mol. The second-order valence-electron chi connectivity index (χ2n) is 7.06. The van der Waals surface area contributed by atoms with Crippen LogP contribution in [-0.4, -0.2) is 34.1 Å². The fourth-order valence-electron chi connectivity index (χ4n) is 3.03. The molecule has 1 aliphatic heterocycles. The lowest BCUT2D eigenvalue weighted by Crippen LogP contribution is -2.36. The number of thioether (sulfide) groups is 1. The molecule has 1 fully saturated rings. The number of nitro groups is 1. The summed E-state index contributed by atoms with van der Waals surface area (Å²) in [7, 11) is 1.50. The van der Waals surface area contributed by atoms with Gasteiger partial charge in [0.15, 0.2) is 11.5 Å². The molecule has 0 bridgehead atoms. The molecule has 2 aromatic rings. The molecule has 0 saturated carbocycles. The predicted molar refractivity (Wildman–Crippen MR) is 126 cm³/mol. The lowest BCUT2D eigenvalue weighted by Gasteiger charge is -2.19. The third-order valence-electron chi connectivity index (χ3n) is 4.94. The fourth-order valence-corrected chi connectivity index (χ4v) is 4.53. The van der Waals surface area contributed by atoms with Gasteiger partial charge in [-0.05, 0) is 82.5 Å². The average molecular weight is 521 g/mol. The van der Waals surface area contributed by atoms with Crippen LogP contribution in [0.4, 0.5) is 10.5 Å². The number of methoxy groups -OCH3 is 1. The molecule has 0 aliphatic carbocycles. The number of hydrogen-bond donors (Lipinski definition) is 0. The molecule has 1 saturated heterocycles. The quantitative estimate of drug-likeness (QED) is 0.247. The van der Waals surface area contributed by atoms with E-state index in [1.165, 1.54) is 24.1 Å². The molecule has 0 N–H and O–H groups in total. The third-order valence-corrected chi connectivity index (χ3v) is 6.41. The number of carbonyl (C=O) groups is 2. The molecule has 1 atom stereocenters. The van der Waals surface area contributed by atoms with Crippen LogP contribution in [-0.2, 0) is 11.4 Å². The smallest absolute Gasteiger partial charge is 0.293 e. The van der Waals surface area contributed by atoms with E-state index >= 15 is 0 Å². The van der Waals surface area contributed by atoms with E-state index in [0.29, 0.717) is 32.9 Å². The highest BCUT2D eigenvalue weighted by molar-refractivity contribution is 9.10. The number of nitro benzene ring substituents is 1. The minimum Gasteiger partial charge on any atom is -0.493 e. The summed E-state index contributed by atoms with van der Waals surface area (Å²) < 4.78 is 11.9. The lowest BCUT2D eigenvalue weighted by molar-refractivity contribution is -0.384. The Hall–Kier alpha value is -2.85. The highest BCUT2D eigenvalue weighted by Crippen LogP contribution is 2.40. The van der Waals surface area contributed by atoms with Crippen LogP contribution < -0.4 is 9.47 Å². The van der Waals surface area contributed by atoms with Gasteiger partial charge in [0.05, 0.1) is 21.4 Å². The largest absolute Gasteiger partial charge is 0.493 e. The summed E-state index contributed by atoms with van der Waals surface area (Å²) in [4.78, 5) is 36.9. The van der Waals surface area contributed by atoms with Crippen LogP contribution in [0.15, 0.2) is 45.8 Å². The normalized spacial score (nSPS) is 15.9. The lowest BCUT2D eigenvalue weighted by atomic mass is 10.1. The van der Waals surface area contributed by atoms with Crippen LogP contribution >= 0.6 is 27.7 Å². The van der Waals surface area contributed by atoms with Crippen molar-refractivity contribution in [2.24, 2.45) is 0 Å². The number of ether oxygens (including phenoxy) is 2. The molecule has 2 aromatic carbocycles. The SMILES string of the molecule is CC[C@@H](C)N1C(=O)S/C(=C/c2cc(Br)c(OCc3ccc([N+](=O)[O-])cc3)c(OC)c2)C1=O. The van der Waals surface area contributed by atoms with Crippen LogP contribution in [0.1, 0.15) is 31.4 Å². The van der Waals surface area contributed by atoms with Crippen molar-refractivity contribution in [2.45, 2.75) is 32.9 Å². The first-order valence-electron chi connectivity index (χ1n) is 9.75. The molecule has 10 heteroatoms. The van der Waals surface area contributed by atoms with Crippen LogP contribution in [0.25, 0.3) is 6.08 Å². The second-order valence-corrected chi connectivity index (χ2v) is 8.90. The summed E-state index contributed by atoms with van der Waals surface area (Å²) in [6.45, 7) is 3.95. The highest BCUT2D eigenvalue weighted by Gasteiger charge is 2.37. The number of rotatable bonds is 8. The summed E-state index contributed by atoms with van der Waals surface area (Å²) >= 11 is 4.39. The average Bonchev–Trinajstić information content (AvgIpc) is 3.05. The number of non-ortho nitro benzene ring substituents is 1. The van der Waals surface area contributed by atoms with Crippen molar-refractivity contribution in [3.05, 3.63) is 67.0 Å². The van der Waals surface area contributed by atoms with Crippen molar-refractivity contribution in [3.8, 4) is 11.5 Å². The maximum Gasteiger partial charge on any atom is 0.293 e. The van der Waals surface area contributed by atoms with Gasteiger partial charge < -0.3 is 9.47 Å². The van der Waals surface area contributed by atoms with Gasteiger partial charge in [-0.25, -0.2) is 0 Å². The minimum absolute atomic E-state index is 0.00890. The zero-order chi connectivity index (χ0) is 23.4. The number of hydrogen-bond acceptors (Lipinski definition) is 7. The van der Waals surface area contributed by atoms with Gasteiger partial charge in [0.1, 0.15) is 6.61 Å². The fraction of sp³-hybridized carbons (Fsp3) is 0.273. The first-order valence-corrected chi connectivity index (χ1v) is 11.4. The Labute approximate surface area is 197 Å². The van der Waals surface area contributed by atoms with Crippen molar-refractivity contribution in [3.63, 3.8) is 0 Å². The summed E-state index contributed by atoms with van der Waals surface area (Å²) in [6.07, 6.45) is 2.34. The standard InChI is InChI=1S/C22H21BrN2O6S/c1-4-13(2)24-21(26)19(32-22(24)27)11-15-9-17(23)20(18(10-15)30-3)31-12-14-5-7-16(8-6-14)25(28)29/h5-11,13H,4,12H2,1-3H3/b19-11+/t13-/m1/s1. The summed E-state index contributed by atoms with van der Waals surface area (Å²) in [5, 5.41) is 10.5. The van der Waals surface area contributed by atoms with Crippen molar-refractivity contribution >= 4 is 50.6 Å². The van der Waals surface area contributed by atoms with Gasteiger partial charge in [-0.3, -0.25) is 24.6 Å². The first kappa shape index (κ1) is 23.8. The Morgan fingerprint density at radius 3 is 2.53 bits per heavy atom. The topological polar surface area (TPSA) is 99.0 Å². The van der Waals surface area contributed by atoms with Gasteiger partial charge >= 0.3 is 0 Å². The highest BCUT2D eigenvalue weighted by atomic mass is 79.9.